The number of benzene rings is 2. The predicted octanol–water partition coefficient (Wildman–Crippen LogP) is 2.67. The first-order valence-electron chi connectivity index (χ1n) is 6.31. The molecule has 0 heterocycles. The van der Waals surface area contributed by atoms with E-state index in [-0.39, 0.29) is 11.6 Å². The van der Waals surface area contributed by atoms with Crippen molar-refractivity contribution in [3.63, 3.8) is 0 Å². The number of halogens is 2. The molecule has 0 spiro atoms. The molecule has 2 aromatic carbocycles. The summed E-state index contributed by atoms with van der Waals surface area (Å²) < 4.78 is 23.8. The molecule has 0 radical (unpaired) electrons. The molecule has 1 amide bonds. The van der Waals surface area contributed by atoms with E-state index < -0.39 is 11.7 Å². The second-order valence-electron chi connectivity index (χ2n) is 4.36. The third-order valence-electron chi connectivity index (χ3n) is 2.96. The van der Waals surface area contributed by atoms with Crippen LogP contribution in [0.15, 0.2) is 36.4 Å². The first-order chi connectivity index (χ1) is 10.5. The minimum absolute atomic E-state index is 0.100. The third-order valence-corrected chi connectivity index (χ3v) is 3.31. The van der Waals surface area contributed by atoms with Gasteiger partial charge in [-0.2, -0.15) is 0 Å². The van der Waals surface area contributed by atoms with Crippen molar-refractivity contribution in [1.29, 1.82) is 0 Å². The Morgan fingerprint density at radius 1 is 1.27 bits per heavy atom. The lowest BCUT2D eigenvalue weighted by Gasteiger charge is -2.12. The Hall–Kier alpha value is -2.31. The van der Waals surface area contributed by atoms with Crippen LogP contribution >= 0.6 is 11.6 Å². The topological polar surface area (TPSA) is 73.6 Å². The number of hydrogen-bond acceptors (Lipinski definition) is 4. The molecule has 0 aliphatic rings. The van der Waals surface area contributed by atoms with Gasteiger partial charge in [0.2, 0.25) is 0 Å². The van der Waals surface area contributed by atoms with Crippen molar-refractivity contribution in [2.24, 2.45) is 5.84 Å². The summed E-state index contributed by atoms with van der Waals surface area (Å²) in [5.41, 5.74) is 2.97. The molecule has 2 rings (SSSR count). The first-order valence-corrected chi connectivity index (χ1v) is 6.68. The highest BCUT2D eigenvalue weighted by atomic mass is 35.5. The monoisotopic (exact) mass is 324 g/mol. The van der Waals surface area contributed by atoms with E-state index in [1.165, 1.54) is 31.4 Å². The van der Waals surface area contributed by atoms with E-state index in [0.29, 0.717) is 22.6 Å². The smallest absolute Gasteiger partial charge is 0.265 e. The van der Waals surface area contributed by atoms with Gasteiger partial charge in [0.05, 0.1) is 12.1 Å². The van der Waals surface area contributed by atoms with E-state index in [0.717, 1.165) is 0 Å². The highest BCUT2D eigenvalue weighted by molar-refractivity contribution is 6.31. The minimum Gasteiger partial charge on any atom is -0.493 e. The number of hydrogen-bond donors (Lipinski definition) is 2. The van der Waals surface area contributed by atoms with Crippen LogP contribution < -0.4 is 20.7 Å². The van der Waals surface area contributed by atoms with Gasteiger partial charge in [0.15, 0.2) is 11.5 Å². The molecule has 0 bridgehead atoms. The zero-order valence-corrected chi connectivity index (χ0v) is 12.5. The summed E-state index contributed by atoms with van der Waals surface area (Å²) in [5.74, 6) is 5.03. The second-order valence-corrected chi connectivity index (χ2v) is 4.77. The van der Waals surface area contributed by atoms with Crippen LogP contribution in [0.2, 0.25) is 5.02 Å². The Morgan fingerprint density at radius 2 is 2.05 bits per heavy atom. The molecule has 0 aliphatic heterocycles. The molecule has 7 heteroatoms. The Morgan fingerprint density at radius 3 is 2.68 bits per heavy atom. The molecular weight excluding hydrogens is 311 g/mol. The van der Waals surface area contributed by atoms with Gasteiger partial charge in [0.1, 0.15) is 12.4 Å². The highest BCUT2D eigenvalue weighted by Gasteiger charge is 2.11. The fourth-order valence-electron chi connectivity index (χ4n) is 1.81. The van der Waals surface area contributed by atoms with Crippen LogP contribution in [0.1, 0.15) is 15.9 Å². The van der Waals surface area contributed by atoms with Gasteiger partial charge in [-0.1, -0.05) is 17.7 Å². The molecule has 0 fully saturated rings. The number of methoxy groups -OCH3 is 1. The number of nitrogens with one attached hydrogen (secondary N) is 1. The summed E-state index contributed by atoms with van der Waals surface area (Å²) >= 11 is 5.94. The minimum atomic E-state index is -0.452. The van der Waals surface area contributed by atoms with E-state index in [1.54, 1.807) is 12.1 Å². The molecule has 0 unspecified atom stereocenters. The SMILES string of the molecule is COc1ccc(C(=O)NN)cc1OCc1ccc(F)cc1Cl. The van der Waals surface area contributed by atoms with Crippen LogP contribution in [-0.4, -0.2) is 13.0 Å². The van der Waals surface area contributed by atoms with Crippen LogP contribution in [0.3, 0.4) is 0 Å². The fraction of sp³-hybridized carbons (Fsp3) is 0.133. The summed E-state index contributed by atoms with van der Waals surface area (Å²) in [7, 11) is 1.48. The van der Waals surface area contributed by atoms with E-state index >= 15 is 0 Å². The van der Waals surface area contributed by atoms with Gasteiger partial charge in [-0.15, -0.1) is 0 Å². The van der Waals surface area contributed by atoms with Gasteiger partial charge < -0.3 is 9.47 Å². The van der Waals surface area contributed by atoms with E-state index in [9.17, 15) is 9.18 Å². The molecule has 116 valence electrons. The molecule has 0 aromatic heterocycles. The average Bonchev–Trinajstić information content (AvgIpc) is 2.53. The maximum absolute atomic E-state index is 13.0. The van der Waals surface area contributed by atoms with Gasteiger partial charge in [0, 0.05) is 11.1 Å². The molecule has 5 nitrogen and oxygen atoms in total. The summed E-state index contributed by atoms with van der Waals surface area (Å²) in [4.78, 5) is 11.5. The van der Waals surface area contributed by atoms with Crippen molar-refractivity contribution in [3.05, 3.63) is 58.4 Å². The molecule has 0 saturated heterocycles. The lowest BCUT2D eigenvalue weighted by Crippen LogP contribution is -2.29. The number of carbonyl (C=O) groups is 1. The summed E-state index contributed by atoms with van der Waals surface area (Å²) in [6.45, 7) is 0.100. The number of rotatable bonds is 5. The van der Waals surface area contributed by atoms with Crippen LogP contribution in [-0.2, 0) is 6.61 Å². The summed E-state index contributed by atoms with van der Waals surface area (Å²) in [6.07, 6.45) is 0. The quantitative estimate of drug-likeness (QED) is 0.504. The zero-order valence-electron chi connectivity index (χ0n) is 11.7. The first kappa shape index (κ1) is 16.1. The van der Waals surface area contributed by atoms with Crippen molar-refractivity contribution in [2.45, 2.75) is 6.61 Å². The fourth-order valence-corrected chi connectivity index (χ4v) is 2.03. The van der Waals surface area contributed by atoms with E-state index in [2.05, 4.69) is 0 Å². The molecule has 0 saturated carbocycles. The van der Waals surface area contributed by atoms with Gasteiger partial charge in [-0.3, -0.25) is 10.2 Å². The summed E-state index contributed by atoms with van der Waals surface area (Å²) in [6, 6.07) is 8.67. The van der Waals surface area contributed by atoms with E-state index in [4.69, 9.17) is 26.9 Å². The number of hydrazine groups is 1. The van der Waals surface area contributed by atoms with Crippen molar-refractivity contribution >= 4 is 17.5 Å². The molecular formula is C15H14ClFN2O3. The molecule has 2 aromatic rings. The average molecular weight is 325 g/mol. The van der Waals surface area contributed by atoms with Crippen LogP contribution in [0.25, 0.3) is 0 Å². The summed E-state index contributed by atoms with van der Waals surface area (Å²) in [5, 5.41) is 0.259. The molecule has 3 N–H and O–H groups in total. The Balaban J connectivity index is 2.22. The van der Waals surface area contributed by atoms with Crippen molar-refractivity contribution in [2.75, 3.05) is 7.11 Å². The molecule has 0 atom stereocenters. The Labute approximate surface area is 131 Å². The van der Waals surface area contributed by atoms with Gasteiger partial charge >= 0.3 is 0 Å². The van der Waals surface area contributed by atoms with Crippen LogP contribution in [0.4, 0.5) is 4.39 Å². The van der Waals surface area contributed by atoms with Gasteiger partial charge in [-0.25, -0.2) is 10.2 Å². The maximum Gasteiger partial charge on any atom is 0.265 e. The maximum atomic E-state index is 13.0. The lowest BCUT2D eigenvalue weighted by molar-refractivity contribution is 0.0953. The van der Waals surface area contributed by atoms with Gasteiger partial charge in [-0.05, 0) is 30.3 Å². The number of carbonyl (C=O) groups excluding carboxylic acids is 1. The van der Waals surface area contributed by atoms with Crippen molar-refractivity contribution < 1.29 is 18.7 Å². The second kappa shape index (κ2) is 7.11. The van der Waals surface area contributed by atoms with Crippen LogP contribution in [0.5, 0.6) is 11.5 Å². The van der Waals surface area contributed by atoms with Crippen LogP contribution in [0, 0.1) is 5.82 Å². The van der Waals surface area contributed by atoms with Crippen molar-refractivity contribution in [1.82, 2.24) is 5.43 Å². The van der Waals surface area contributed by atoms with Gasteiger partial charge in [0.25, 0.3) is 5.91 Å². The lowest BCUT2D eigenvalue weighted by atomic mass is 10.2. The predicted molar refractivity (Wildman–Crippen MR) is 80.4 cm³/mol. The Bertz CT molecular complexity index is 694. The van der Waals surface area contributed by atoms with Crippen molar-refractivity contribution in [3.8, 4) is 11.5 Å². The van der Waals surface area contributed by atoms with E-state index in [1.807, 2.05) is 5.43 Å². The molecule has 0 aliphatic carbocycles. The number of amides is 1. The highest BCUT2D eigenvalue weighted by Crippen LogP contribution is 2.29. The number of nitrogens with two attached hydrogens (primary N) is 1. The number of nitrogen functional groups attached to an aromatic ring is 1. The molecule has 22 heavy (non-hydrogen) atoms. The normalized spacial score (nSPS) is 10.2. The standard InChI is InChI=1S/C15H14ClFN2O3/c1-21-13-5-3-9(15(20)19-18)6-14(13)22-8-10-2-4-11(17)7-12(10)16/h2-7H,8,18H2,1H3,(H,19,20). The third kappa shape index (κ3) is 3.66. The Kier molecular flexibility index (Phi) is 5.19. The largest absolute Gasteiger partial charge is 0.493 e. The number of ether oxygens (including phenoxy) is 2. The zero-order chi connectivity index (χ0) is 16.1.